The van der Waals surface area contributed by atoms with Crippen molar-refractivity contribution in [2.24, 2.45) is 4.99 Å². The van der Waals surface area contributed by atoms with Gasteiger partial charge in [-0.2, -0.15) is 0 Å². The summed E-state index contributed by atoms with van der Waals surface area (Å²) >= 11 is 1.69. The summed E-state index contributed by atoms with van der Waals surface area (Å²) < 4.78 is 8.07. The molecular weight excluding hydrogens is 384 g/mol. The number of thioether (sulfide) groups is 1. The molecule has 1 aromatic heterocycles. The smallest absolute Gasteiger partial charge is 0.191 e. The van der Waals surface area contributed by atoms with Crippen molar-refractivity contribution in [3.63, 3.8) is 0 Å². The Labute approximate surface area is 177 Å². The van der Waals surface area contributed by atoms with E-state index in [1.165, 1.54) is 25.7 Å². The van der Waals surface area contributed by atoms with E-state index in [-0.39, 0.29) is 0 Å². The third kappa shape index (κ3) is 6.39. The second kappa shape index (κ2) is 11.7. The van der Waals surface area contributed by atoms with Gasteiger partial charge in [0.1, 0.15) is 18.2 Å². The summed E-state index contributed by atoms with van der Waals surface area (Å²) in [6.45, 7) is 2.12. The maximum absolute atomic E-state index is 5.69. The molecule has 0 bridgehead atoms. The van der Waals surface area contributed by atoms with E-state index < -0.39 is 0 Å². The highest BCUT2D eigenvalue weighted by atomic mass is 32.2. The molecule has 29 heavy (non-hydrogen) atoms. The number of aromatic nitrogens is 3. The first-order chi connectivity index (χ1) is 14.3. The Hall–Kier alpha value is -2.22. The Morgan fingerprint density at radius 1 is 1.17 bits per heavy atom. The number of benzene rings is 1. The maximum Gasteiger partial charge on any atom is 0.191 e. The summed E-state index contributed by atoms with van der Waals surface area (Å²) in [4.78, 5) is 4.28. The molecule has 7 nitrogen and oxygen atoms in total. The highest BCUT2D eigenvalue weighted by molar-refractivity contribution is 7.98. The summed E-state index contributed by atoms with van der Waals surface area (Å²) in [6, 6.07) is 10.4. The minimum absolute atomic E-state index is 0.578. The van der Waals surface area contributed by atoms with Crippen LogP contribution in [0.3, 0.4) is 0 Å². The molecule has 0 aliphatic heterocycles. The Bertz CT molecular complexity index is 758. The number of guanidine groups is 1. The predicted octanol–water partition coefficient (Wildman–Crippen LogP) is 3.29. The molecule has 1 saturated carbocycles. The van der Waals surface area contributed by atoms with Gasteiger partial charge in [-0.3, -0.25) is 4.99 Å². The lowest BCUT2D eigenvalue weighted by Crippen LogP contribution is -2.39. The summed E-state index contributed by atoms with van der Waals surface area (Å²) in [5.41, 5.74) is 0. The van der Waals surface area contributed by atoms with Crippen LogP contribution in [0.1, 0.15) is 44.0 Å². The number of para-hydroxylation sites is 1. The van der Waals surface area contributed by atoms with Crippen LogP contribution in [0.5, 0.6) is 5.75 Å². The van der Waals surface area contributed by atoms with Gasteiger partial charge < -0.3 is 19.9 Å². The average molecular weight is 417 g/mol. The quantitative estimate of drug-likeness (QED) is 0.268. The van der Waals surface area contributed by atoms with Gasteiger partial charge in [-0.1, -0.05) is 42.8 Å². The van der Waals surface area contributed by atoms with Gasteiger partial charge in [0, 0.05) is 26.1 Å². The first kappa shape index (κ1) is 21.5. The fourth-order valence-electron chi connectivity index (χ4n) is 3.68. The first-order valence-electron chi connectivity index (χ1n) is 10.4. The SMILES string of the molecule is CN=C(NCCCc1nnc(SC)n1C1CCCC1)NCCOc1ccccc1. The van der Waals surface area contributed by atoms with Gasteiger partial charge in [0.15, 0.2) is 11.1 Å². The van der Waals surface area contributed by atoms with Crippen LogP contribution in [-0.2, 0) is 6.42 Å². The number of hydrogen-bond acceptors (Lipinski definition) is 5. The van der Waals surface area contributed by atoms with E-state index >= 15 is 0 Å². The Kier molecular flexibility index (Phi) is 8.67. The van der Waals surface area contributed by atoms with E-state index in [2.05, 4.69) is 36.6 Å². The lowest BCUT2D eigenvalue weighted by Gasteiger charge is -2.16. The number of hydrogen-bond donors (Lipinski definition) is 2. The molecule has 1 aromatic carbocycles. The van der Waals surface area contributed by atoms with E-state index in [1.807, 2.05) is 30.3 Å². The summed E-state index contributed by atoms with van der Waals surface area (Å²) in [6.07, 6.45) is 9.11. The van der Waals surface area contributed by atoms with Gasteiger partial charge in [-0.15, -0.1) is 10.2 Å². The zero-order chi connectivity index (χ0) is 20.3. The zero-order valence-electron chi connectivity index (χ0n) is 17.4. The molecule has 0 radical (unpaired) electrons. The number of aliphatic imine (C=N–C) groups is 1. The third-order valence-electron chi connectivity index (χ3n) is 5.11. The minimum atomic E-state index is 0.578. The lowest BCUT2D eigenvalue weighted by molar-refractivity contribution is 0.322. The zero-order valence-corrected chi connectivity index (χ0v) is 18.2. The second-order valence-corrected chi connectivity index (χ2v) is 7.88. The van der Waals surface area contributed by atoms with Crippen LogP contribution < -0.4 is 15.4 Å². The summed E-state index contributed by atoms with van der Waals surface area (Å²) in [5, 5.41) is 16.6. The molecule has 0 atom stereocenters. The van der Waals surface area contributed by atoms with Crippen LogP contribution in [-0.4, -0.2) is 53.7 Å². The molecule has 1 aliphatic carbocycles. The van der Waals surface area contributed by atoms with Crippen molar-refractivity contribution < 1.29 is 4.74 Å². The van der Waals surface area contributed by atoms with Crippen LogP contribution in [0.15, 0.2) is 40.5 Å². The van der Waals surface area contributed by atoms with Gasteiger partial charge in [-0.25, -0.2) is 0 Å². The summed E-state index contributed by atoms with van der Waals surface area (Å²) in [5.74, 6) is 2.79. The van der Waals surface area contributed by atoms with Crippen molar-refractivity contribution in [2.75, 3.05) is 33.0 Å². The molecule has 1 aliphatic rings. The highest BCUT2D eigenvalue weighted by Gasteiger charge is 2.23. The Balaban J connectivity index is 1.37. The molecule has 8 heteroatoms. The molecule has 0 amide bonds. The fraction of sp³-hybridized carbons (Fsp3) is 0.571. The van der Waals surface area contributed by atoms with Crippen molar-refractivity contribution in [3.05, 3.63) is 36.2 Å². The molecule has 1 heterocycles. The maximum atomic E-state index is 5.69. The van der Waals surface area contributed by atoms with Crippen LogP contribution in [0.4, 0.5) is 0 Å². The van der Waals surface area contributed by atoms with Gasteiger partial charge in [0.05, 0.1) is 6.54 Å². The van der Waals surface area contributed by atoms with E-state index in [9.17, 15) is 0 Å². The molecule has 158 valence electrons. The minimum Gasteiger partial charge on any atom is -0.492 e. The van der Waals surface area contributed by atoms with E-state index in [0.717, 1.165) is 42.1 Å². The number of ether oxygens (including phenoxy) is 1. The number of nitrogens with one attached hydrogen (secondary N) is 2. The lowest BCUT2D eigenvalue weighted by atomic mass is 10.2. The monoisotopic (exact) mass is 416 g/mol. The van der Waals surface area contributed by atoms with Crippen molar-refractivity contribution in [2.45, 2.75) is 49.7 Å². The molecule has 3 rings (SSSR count). The number of rotatable bonds is 10. The van der Waals surface area contributed by atoms with Gasteiger partial charge >= 0.3 is 0 Å². The van der Waals surface area contributed by atoms with E-state index in [4.69, 9.17) is 4.74 Å². The second-order valence-electron chi connectivity index (χ2n) is 7.10. The Morgan fingerprint density at radius 3 is 2.66 bits per heavy atom. The number of aryl methyl sites for hydroxylation is 1. The first-order valence-corrected chi connectivity index (χ1v) is 11.6. The van der Waals surface area contributed by atoms with Gasteiger partial charge in [0.2, 0.25) is 0 Å². The van der Waals surface area contributed by atoms with Crippen molar-refractivity contribution in [3.8, 4) is 5.75 Å². The van der Waals surface area contributed by atoms with Crippen molar-refractivity contribution in [1.29, 1.82) is 0 Å². The Morgan fingerprint density at radius 2 is 1.93 bits per heavy atom. The molecule has 0 unspecified atom stereocenters. The molecule has 1 fully saturated rings. The number of nitrogens with zero attached hydrogens (tertiary/aromatic N) is 4. The van der Waals surface area contributed by atoms with Crippen LogP contribution in [0.2, 0.25) is 0 Å². The average Bonchev–Trinajstić information content (AvgIpc) is 3.42. The third-order valence-corrected chi connectivity index (χ3v) is 5.75. The van der Waals surface area contributed by atoms with E-state index in [1.54, 1.807) is 18.8 Å². The van der Waals surface area contributed by atoms with Crippen molar-refractivity contribution >= 4 is 17.7 Å². The molecule has 0 spiro atoms. The standard InChI is InChI=1S/C21H32N6OS/c1-22-20(24-15-16-28-18-11-4-3-5-12-18)23-14-8-13-19-25-26-21(29-2)27(19)17-9-6-7-10-17/h3-5,11-12,17H,6-10,13-16H2,1-2H3,(H2,22,23,24). The normalized spacial score (nSPS) is 14.9. The molecule has 2 N–H and O–H groups in total. The predicted molar refractivity (Wildman–Crippen MR) is 119 cm³/mol. The highest BCUT2D eigenvalue weighted by Crippen LogP contribution is 2.33. The van der Waals surface area contributed by atoms with Gasteiger partial charge in [-0.05, 0) is 37.7 Å². The molecule has 0 saturated heterocycles. The van der Waals surface area contributed by atoms with Gasteiger partial charge in [0.25, 0.3) is 0 Å². The largest absolute Gasteiger partial charge is 0.492 e. The van der Waals surface area contributed by atoms with Crippen LogP contribution in [0.25, 0.3) is 0 Å². The fourth-order valence-corrected chi connectivity index (χ4v) is 4.25. The molecular formula is C21H32N6OS. The van der Waals surface area contributed by atoms with E-state index in [0.29, 0.717) is 19.2 Å². The summed E-state index contributed by atoms with van der Waals surface area (Å²) in [7, 11) is 1.79. The topological polar surface area (TPSA) is 76.4 Å². The van der Waals surface area contributed by atoms with Crippen LogP contribution in [0, 0.1) is 0 Å². The van der Waals surface area contributed by atoms with Crippen molar-refractivity contribution in [1.82, 2.24) is 25.4 Å². The van der Waals surface area contributed by atoms with Crippen LogP contribution >= 0.6 is 11.8 Å². The molecule has 2 aromatic rings.